The molecule has 3 unspecified atom stereocenters. The third-order valence-electron chi connectivity index (χ3n) is 5.76. The molecule has 9 nitrogen and oxygen atoms in total. The summed E-state index contributed by atoms with van der Waals surface area (Å²) in [6, 6.07) is 3.21. The van der Waals surface area contributed by atoms with Gasteiger partial charge in [-0.3, -0.25) is 4.72 Å². The van der Waals surface area contributed by atoms with Crippen molar-refractivity contribution < 1.29 is 42.0 Å². The van der Waals surface area contributed by atoms with E-state index >= 15 is 0 Å². The molecular weight excluding hydrogens is 457 g/mol. The smallest absolute Gasteiger partial charge is 0.332 e. The molecule has 2 fully saturated rings. The van der Waals surface area contributed by atoms with Crippen LogP contribution in [0.5, 0.6) is 0 Å². The Balaban J connectivity index is 1.56. The highest BCUT2D eigenvalue weighted by Gasteiger charge is 2.50. The number of nitrogens with one attached hydrogen (secondary N) is 1. The van der Waals surface area contributed by atoms with Gasteiger partial charge in [0.1, 0.15) is 11.1 Å². The van der Waals surface area contributed by atoms with Gasteiger partial charge in [-0.1, -0.05) is 11.6 Å². The van der Waals surface area contributed by atoms with Crippen LogP contribution in [0.4, 0.5) is 10.1 Å². The number of halogens is 2. The number of rotatable bonds is 4. The molecular formula is C19H21ClFNO8S. The highest BCUT2D eigenvalue weighted by Crippen LogP contribution is 2.43. The summed E-state index contributed by atoms with van der Waals surface area (Å²) in [5.41, 5.74) is -1.99. The number of aliphatic carboxylic acids is 1. The molecule has 0 radical (unpaired) electrons. The molecule has 0 amide bonds. The Hall–Kier alpha value is -1.76. The van der Waals surface area contributed by atoms with E-state index in [2.05, 4.69) is 4.72 Å². The van der Waals surface area contributed by atoms with Crippen molar-refractivity contribution in [1.82, 2.24) is 0 Å². The van der Waals surface area contributed by atoms with Gasteiger partial charge in [0, 0.05) is 0 Å². The fraction of sp³-hybridized carbons (Fsp3) is 0.526. The fourth-order valence-corrected chi connectivity index (χ4v) is 5.91. The van der Waals surface area contributed by atoms with Crippen molar-refractivity contribution >= 4 is 33.3 Å². The van der Waals surface area contributed by atoms with Crippen molar-refractivity contribution in [3.05, 3.63) is 40.7 Å². The Bertz CT molecular complexity index is 998. The van der Waals surface area contributed by atoms with Crippen molar-refractivity contribution in [3.63, 3.8) is 0 Å². The van der Waals surface area contributed by atoms with Crippen LogP contribution in [0, 0.1) is 5.82 Å². The minimum absolute atomic E-state index is 0.0210. The molecule has 2 spiro atoms. The summed E-state index contributed by atoms with van der Waals surface area (Å²) >= 11 is 5.91. The first kappa shape index (κ1) is 22.4. The number of carbonyl (C=O) groups is 1. The number of carboxylic acid groups (broad SMARTS) is 1. The molecule has 0 saturated carbocycles. The molecule has 31 heavy (non-hydrogen) atoms. The molecule has 1 aromatic carbocycles. The standard InChI is InChI=1S/C19H21ClFNO8S/c20-14-7-12(21)1-2-15(14)22-31(25,26)16-3-4-18(8-13(16)17(23)24)5-6-19(10-28-18)9-27-11-29-30-19/h1-2,7-8,16,22H,3-6,9-11H2,(H,23,24). The number of carboxylic acids is 1. The van der Waals surface area contributed by atoms with Gasteiger partial charge in [0.05, 0.1) is 35.1 Å². The zero-order valence-corrected chi connectivity index (χ0v) is 17.9. The number of anilines is 1. The minimum atomic E-state index is -4.17. The number of hydrogen-bond acceptors (Lipinski definition) is 7. The van der Waals surface area contributed by atoms with E-state index in [4.69, 9.17) is 30.8 Å². The fourth-order valence-electron chi connectivity index (χ4n) is 4.08. The average Bonchev–Trinajstić information content (AvgIpc) is 2.73. The molecule has 0 aromatic heterocycles. The van der Waals surface area contributed by atoms with Gasteiger partial charge in [0.25, 0.3) is 0 Å². The first-order chi connectivity index (χ1) is 14.6. The van der Waals surface area contributed by atoms with Crippen molar-refractivity contribution in [2.45, 2.75) is 42.1 Å². The van der Waals surface area contributed by atoms with Gasteiger partial charge >= 0.3 is 5.97 Å². The van der Waals surface area contributed by atoms with Crippen molar-refractivity contribution in [3.8, 4) is 0 Å². The highest BCUT2D eigenvalue weighted by atomic mass is 35.5. The number of ether oxygens (including phenoxy) is 2. The molecule has 2 aliphatic heterocycles. The quantitative estimate of drug-likeness (QED) is 0.635. The summed E-state index contributed by atoms with van der Waals surface area (Å²) in [5, 5.41) is 8.27. The monoisotopic (exact) mass is 477 g/mol. The van der Waals surface area contributed by atoms with Gasteiger partial charge in [0.15, 0.2) is 12.4 Å². The first-order valence-corrected chi connectivity index (χ1v) is 11.5. The van der Waals surface area contributed by atoms with E-state index in [1.165, 1.54) is 12.1 Å². The Kier molecular flexibility index (Phi) is 6.01. The van der Waals surface area contributed by atoms with E-state index in [-0.39, 0.29) is 42.7 Å². The summed E-state index contributed by atoms with van der Waals surface area (Å²) < 4.78 is 52.7. The summed E-state index contributed by atoms with van der Waals surface area (Å²) in [6.07, 6.45) is 2.61. The van der Waals surface area contributed by atoms with Crippen molar-refractivity contribution in [1.29, 1.82) is 0 Å². The average molecular weight is 478 g/mol. The Morgan fingerprint density at radius 2 is 2.06 bits per heavy atom. The Morgan fingerprint density at radius 3 is 2.68 bits per heavy atom. The molecule has 2 N–H and O–H groups in total. The molecule has 3 aliphatic rings. The second-order valence-electron chi connectivity index (χ2n) is 7.91. The van der Waals surface area contributed by atoms with Crippen LogP contribution in [-0.4, -0.2) is 56.0 Å². The number of benzene rings is 1. The van der Waals surface area contributed by atoms with Crippen LogP contribution in [0.15, 0.2) is 29.8 Å². The normalized spacial score (nSPS) is 31.4. The maximum Gasteiger partial charge on any atom is 0.332 e. The Morgan fingerprint density at radius 1 is 1.26 bits per heavy atom. The maximum atomic E-state index is 13.3. The highest BCUT2D eigenvalue weighted by molar-refractivity contribution is 7.93. The summed E-state index contributed by atoms with van der Waals surface area (Å²) in [6.45, 7) is 0.440. The SMILES string of the molecule is O=C(O)C1=CC2(CCC1S(=O)(=O)Nc1ccc(F)cc1Cl)CCC1(COCOO1)CO2. The van der Waals surface area contributed by atoms with E-state index in [0.717, 1.165) is 12.1 Å². The van der Waals surface area contributed by atoms with E-state index in [9.17, 15) is 22.7 Å². The van der Waals surface area contributed by atoms with E-state index < -0.39 is 38.3 Å². The topological polar surface area (TPSA) is 120 Å². The lowest BCUT2D eigenvalue weighted by atomic mass is 9.78. The van der Waals surface area contributed by atoms with Gasteiger partial charge in [-0.25, -0.2) is 27.4 Å². The lowest BCUT2D eigenvalue weighted by molar-refractivity contribution is -0.451. The van der Waals surface area contributed by atoms with E-state index in [0.29, 0.717) is 19.3 Å². The third kappa shape index (κ3) is 4.57. The predicted molar refractivity (Wildman–Crippen MR) is 106 cm³/mol. The van der Waals surface area contributed by atoms with Crippen LogP contribution >= 0.6 is 11.6 Å². The maximum absolute atomic E-state index is 13.3. The molecule has 170 valence electrons. The van der Waals surface area contributed by atoms with Gasteiger partial charge in [-0.05, 0) is 50.0 Å². The van der Waals surface area contributed by atoms with Crippen LogP contribution in [0.1, 0.15) is 25.7 Å². The predicted octanol–water partition coefficient (Wildman–Crippen LogP) is 2.62. The first-order valence-electron chi connectivity index (χ1n) is 9.59. The van der Waals surface area contributed by atoms with Crippen LogP contribution in [0.3, 0.4) is 0 Å². The Labute approximate surface area is 183 Å². The molecule has 2 heterocycles. The van der Waals surface area contributed by atoms with E-state index in [1.54, 1.807) is 0 Å². The van der Waals surface area contributed by atoms with Crippen LogP contribution in [0.2, 0.25) is 5.02 Å². The summed E-state index contributed by atoms with van der Waals surface area (Å²) in [4.78, 5) is 22.2. The molecule has 4 rings (SSSR count). The molecule has 3 atom stereocenters. The number of sulfonamides is 1. The van der Waals surface area contributed by atoms with Gasteiger partial charge in [-0.2, -0.15) is 0 Å². The summed E-state index contributed by atoms with van der Waals surface area (Å²) in [7, 11) is -4.17. The zero-order chi connectivity index (χ0) is 22.3. The molecule has 1 aliphatic carbocycles. The van der Waals surface area contributed by atoms with Crippen LogP contribution in [0.25, 0.3) is 0 Å². The van der Waals surface area contributed by atoms with E-state index in [1.807, 2.05) is 0 Å². The lowest BCUT2D eigenvalue weighted by Crippen LogP contribution is -2.55. The molecule has 2 saturated heterocycles. The second-order valence-corrected chi connectivity index (χ2v) is 10.2. The van der Waals surface area contributed by atoms with Crippen LogP contribution in [-0.2, 0) is 34.1 Å². The van der Waals surface area contributed by atoms with Gasteiger partial charge < -0.3 is 14.6 Å². The largest absolute Gasteiger partial charge is 0.478 e. The van der Waals surface area contributed by atoms with Gasteiger partial charge in [-0.15, -0.1) is 0 Å². The van der Waals surface area contributed by atoms with Crippen molar-refractivity contribution in [2.24, 2.45) is 0 Å². The van der Waals surface area contributed by atoms with Crippen LogP contribution < -0.4 is 4.72 Å². The zero-order valence-electron chi connectivity index (χ0n) is 16.3. The number of hydrogen-bond donors (Lipinski definition) is 2. The van der Waals surface area contributed by atoms with Gasteiger partial charge in [0.2, 0.25) is 10.0 Å². The molecule has 12 heteroatoms. The minimum Gasteiger partial charge on any atom is -0.478 e. The third-order valence-corrected chi connectivity index (χ3v) is 7.81. The van der Waals surface area contributed by atoms with Crippen molar-refractivity contribution in [2.75, 3.05) is 24.7 Å². The summed E-state index contributed by atoms with van der Waals surface area (Å²) in [5.74, 6) is -1.98. The second kappa shape index (κ2) is 8.30. The molecule has 1 aromatic rings. The lowest BCUT2D eigenvalue weighted by Gasteiger charge is -2.47. The molecule has 0 bridgehead atoms.